The smallest absolute Gasteiger partial charge is 0.136 e. The third-order valence-electron chi connectivity index (χ3n) is 3.28. The zero-order valence-electron chi connectivity index (χ0n) is 12.6. The minimum atomic E-state index is 0.428. The largest absolute Gasteiger partial charge is 0.359 e. The molecule has 3 aromatic rings. The minimum absolute atomic E-state index is 0.428. The topological polar surface area (TPSA) is 48.7 Å². The van der Waals surface area contributed by atoms with Gasteiger partial charge in [-0.25, -0.2) is 4.98 Å². The lowest BCUT2D eigenvalue weighted by Gasteiger charge is -2.04. The molecule has 0 saturated heterocycles. The van der Waals surface area contributed by atoms with Crippen molar-refractivity contribution in [2.24, 2.45) is 0 Å². The summed E-state index contributed by atoms with van der Waals surface area (Å²) >= 11 is 16.9. The lowest BCUT2D eigenvalue weighted by Crippen LogP contribution is -1.92. The van der Waals surface area contributed by atoms with E-state index in [1.807, 2.05) is 29.6 Å². The molecule has 0 aliphatic rings. The summed E-state index contributed by atoms with van der Waals surface area (Å²) in [5, 5.41) is 16.1. The Kier molecular flexibility index (Phi) is 5.77. The fraction of sp³-hybridized carbons (Fsp3) is 0. The third-order valence-corrected chi connectivity index (χ3v) is 5.20. The van der Waals surface area contributed by atoms with Crippen LogP contribution in [0, 0.1) is 11.3 Å². The van der Waals surface area contributed by atoms with Crippen molar-refractivity contribution in [1.82, 2.24) is 4.98 Å². The van der Waals surface area contributed by atoms with Crippen molar-refractivity contribution in [3.63, 3.8) is 0 Å². The first kappa shape index (κ1) is 18.0. The van der Waals surface area contributed by atoms with Crippen molar-refractivity contribution in [2.75, 3.05) is 5.32 Å². The number of rotatable bonds is 4. The number of hydrogen-bond acceptors (Lipinski definition) is 4. The number of nitriles is 1. The van der Waals surface area contributed by atoms with E-state index in [9.17, 15) is 5.26 Å². The molecule has 1 N–H and O–H groups in total. The van der Waals surface area contributed by atoms with Crippen molar-refractivity contribution in [3.8, 4) is 17.3 Å². The zero-order valence-corrected chi connectivity index (χ0v) is 16.5. The van der Waals surface area contributed by atoms with Gasteiger partial charge in [0.05, 0.1) is 16.4 Å². The summed E-state index contributed by atoms with van der Waals surface area (Å²) in [6, 6.07) is 15.2. The van der Waals surface area contributed by atoms with E-state index in [0.717, 1.165) is 15.7 Å². The van der Waals surface area contributed by atoms with Crippen LogP contribution in [0.5, 0.6) is 0 Å². The second-order valence-corrected chi connectivity index (χ2v) is 7.60. The van der Waals surface area contributed by atoms with E-state index in [0.29, 0.717) is 26.3 Å². The average molecular weight is 451 g/mol. The summed E-state index contributed by atoms with van der Waals surface area (Å²) in [6.07, 6.45) is 1.60. The number of hydrogen-bond donors (Lipinski definition) is 1. The van der Waals surface area contributed by atoms with E-state index in [1.54, 1.807) is 24.4 Å². The van der Waals surface area contributed by atoms with Gasteiger partial charge in [-0.2, -0.15) is 5.26 Å². The first-order valence-corrected chi connectivity index (χ1v) is 9.53. The number of aromatic nitrogens is 1. The van der Waals surface area contributed by atoms with Crippen LogP contribution < -0.4 is 5.32 Å². The number of benzene rings is 2. The Morgan fingerprint density at radius 1 is 1.24 bits per heavy atom. The standard InChI is InChI=1S/C18H10BrCl2N3S/c19-13-3-1-2-11(6-13)17-10-25-18(24-17)12(8-22)9-23-16-5-4-14(20)7-15(16)21/h1-7,9-10,23H/b12-9-. The van der Waals surface area contributed by atoms with Gasteiger partial charge in [0.25, 0.3) is 0 Å². The first-order valence-electron chi connectivity index (χ1n) is 7.10. The normalized spacial score (nSPS) is 11.2. The van der Waals surface area contributed by atoms with Crippen LogP contribution in [0.2, 0.25) is 10.0 Å². The Bertz CT molecular complexity index is 992. The second-order valence-electron chi connectivity index (χ2n) is 4.99. The molecule has 0 atom stereocenters. The number of nitrogens with one attached hydrogen (secondary N) is 1. The Hall–Kier alpha value is -1.84. The molecular formula is C18H10BrCl2N3S. The van der Waals surface area contributed by atoms with Gasteiger partial charge in [0, 0.05) is 26.6 Å². The molecule has 25 heavy (non-hydrogen) atoms. The van der Waals surface area contributed by atoms with E-state index < -0.39 is 0 Å². The highest BCUT2D eigenvalue weighted by Crippen LogP contribution is 2.29. The highest BCUT2D eigenvalue weighted by molar-refractivity contribution is 9.10. The van der Waals surface area contributed by atoms with Crippen LogP contribution in [0.15, 0.2) is 58.5 Å². The maximum absolute atomic E-state index is 9.44. The summed E-state index contributed by atoms with van der Waals surface area (Å²) in [4.78, 5) is 4.55. The quantitative estimate of drug-likeness (QED) is 0.441. The Morgan fingerprint density at radius 3 is 2.80 bits per heavy atom. The lowest BCUT2D eigenvalue weighted by molar-refractivity contribution is 1.36. The summed E-state index contributed by atoms with van der Waals surface area (Å²) < 4.78 is 0.981. The van der Waals surface area contributed by atoms with Crippen molar-refractivity contribution < 1.29 is 0 Å². The van der Waals surface area contributed by atoms with Crippen molar-refractivity contribution in [1.29, 1.82) is 5.26 Å². The molecule has 0 aliphatic heterocycles. The predicted octanol–water partition coefficient (Wildman–Crippen LogP) is 6.86. The zero-order chi connectivity index (χ0) is 17.8. The van der Waals surface area contributed by atoms with E-state index in [-0.39, 0.29) is 0 Å². The summed E-state index contributed by atoms with van der Waals surface area (Å²) in [5.74, 6) is 0. The monoisotopic (exact) mass is 449 g/mol. The van der Waals surface area contributed by atoms with Crippen LogP contribution in [-0.2, 0) is 0 Å². The molecule has 0 fully saturated rings. The van der Waals surface area contributed by atoms with E-state index in [4.69, 9.17) is 23.2 Å². The number of thiazole rings is 1. The number of anilines is 1. The molecule has 0 radical (unpaired) electrons. The van der Waals surface area contributed by atoms with Gasteiger partial charge >= 0.3 is 0 Å². The maximum atomic E-state index is 9.44. The van der Waals surface area contributed by atoms with Crippen molar-refractivity contribution in [3.05, 3.63) is 73.6 Å². The van der Waals surface area contributed by atoms with Gasteiger partial charge in [-0.3, -0.25) is 0 Å². The molecule has 1 heterocycles. The Balaban J connectivity index is 1.85. The molecule has 0 amide bonds. The van der Waals surface area contributed by atoms with Gasteiger partial charge in [0.2, 0.25) is 0 Å². The lowest BCUT2D eigenvalue weighted by atomic mass is 10.2. The van der Waals surface area contributed by atoms with E-state index in [1.165, 1.54) is 11.3 Å². The van der Waals surface area contributed by atoms with Gasteiger partial charge in [-0.15, -0.1) is 11.3 Å². The van der Waals surface area contributed by atoms with Crippen LogP contribution in [-0.4, -0.2) is 4.98 Å². The third kappa shape index (κ3) is 4.42. The van der Waals surface area contributed by atoms with Crippen LogP contribution in [0.25, 0.3) is 16.8 Å². The molecule has 0 bridgehead atoms. The molecule has 0 aliphatic carbocycles. The van der Waals surface area contributed by atoms with Crippen molar-refractivity contribution >= 4 is 61.7 Å². The molecular weight excluding hydrogens is 441 g/mol. The SMILES string of the molecule is N#C/C(=C/Nc1ccc(Cl)cc1Cl)c1nc(-c2cccc(Br)c2)cs1. The molecule has 0 unspecified atom stereocenters. The fourth-order valence-corrected chi connectivity index (χ4v) is 3.73. The minimum Gasteiger partial charge on any atom is -0.359 e. The molecule has 1 aromatic heterocycles. The summed E-state index contributed by atoms with van der Waals surface area (Å²) in [5.41, 5.74) is 2.91. The summed E-state index contributed by atoms with van der Waals surface area (Å²) in [6.45, 7) is 0. The van der Waals surface area contributed by atoms with Gasteiger partial charge in [0.1, 0.15) is 16.6 Å². The molecule has 0 spiro atoms. The van der Waals surface area contributed by atoms with Gasteiger partial charge < -0.3 is 5.32 Å². The highest BCUT2D eigenvalue weighted by atomic mass is 79.9. The van der Waals surface area contributed by atoms with Crippen LogP contribution in [0.4, 0.5) is 5.69 Å². The Labute approximate surface area is 167 Å². The molecule has 0 saturated carbocycles. The summed E-state index contributed by atoms with van der Waals surface area (Å²) in [7, 11) is 0. The van der Waals surface area contributed by atoms with E-state index >= 15 is 0 Å². The maximum Gasteiger partial charge on any atom is 0.136 e. The fourth-order valence-electron chi connectivity index (χ4n) is 2.08. The van der Waals surface area contributed by atoms with E-state index in [2.05, 4.69) is 32.3 Å². The predicted molar refractivity (Wildman–Crippen MR) is 109 cm³/mol. The van der Waals surface area contributed by atoms with Crippen molar-refractivity contribution in [2.45, 2.75) is 0 Å². The number of halogens is 3. The second kappa shape index (κ2) is 8.03. The van der Waals surface area contributed by atoms with Crippen LogP contribution in [0.1, 0.15) is 5.01 Å². The van der Waals surface area contributed by atoms with Gasteiger partial charge in [-0.1, -0.05) is 51.3 Å². The molecule has 2 aromatic carbocycles. The van der Waals surface area contributed by atoms with Gasteiger partial charge in [0.15, 0.2) is 0 Å². The van der Waals surface area contributed by atoms with Crippen LogP contribution in [0.3, 0.4) is 0 Å². The highest BCUT2D eigenvalue weighted by Gasteiger charge is 2.09. The Morgan fingerprint density at radius 2 is 2.08 bits per heavy atom. The molecule has 124 valence electrons. The molecule has 3 rings (SSSR count). The average Bonchev–Trinajstić information content (AvgIpc) is 3.07. The molecule has 3 nitrogen and oxygen atoms in total. The number of nitrogens with zero attached hydrogens (tertiary/aromatic N) is 2. The molecule has 7 heteroatoms. The van der Waals surface area contributed by atoms with Crippen LogP contribution >= 0.6 is 50.5 Å². The van der Waals surface area contributed by atoms with Gasteiger partial charge in [-0.05, 0) is 30.3 Å². The number of allylic oxidation sites excluding steroid dienone is 1. The first-order chi connectivity index (χ1) is 12.1.